The summed E-state index contributed by atoms with van der Waals surface area (Å²) in [5.74, 6) is 0.269. The van der Waals surface area contributed by atoms with Gasteiger partial charge < -0.3 is 5.32 Å². The standard InChI is InChI=1S/C13H11FN4S2/c1-8-6-7-19-11(8)20-13-16-12(17-18-13)15-10-4-2-9(14)3-5-10/h2-7H,1H3,(H2,15,16,17,18). The number of rotatable bonds is 4. The molecule has 3 aromatic rings. The van der Waals surface area contributed by atoms with Gasteiger partial charge in [-0.05, 0) is 60.0 Å². The van der Waals surface area contributed by atoms with Crippen LogP contribution in [0.25, 0.3) is 0 Å². The van der Waals surface area contributed by atoms with E-state index in [2.05, 4.69) is 33.5 Å². The first-order valence-corrected chi connectivity index (χ1v) is 7.57. The zero-order chi connectivity index (χ0) is 13.9. The second-order valence-corrected chi connectivity index (χ2v) is 6.24. The Kier molecular flexibility index (Phi) is 3.70. The van der Waals surface area contributed by atoms with E-state index in [9.17, 15) is 4.39 Å². The molecule has 0 fully saturated rings. The van der Waals surface area contributed by atoms with E-state index in [1.807, 2.05) is 5.38 Å². The molecule has 0 saturated heterocycles. The number of aromatic nitrogens is 3. The number of thiophene rings is 1. The van der Waals surface area contributed by atoms with E-state index in [4.69, 9.17) is 0 Å². The van der Waals surface area contributed by atoms with Gasteiger partial charge in [-0.1, -0.05) is 0 Å². The lowest BCUT2D eigenvalue weighted by molar-refractivity contribution is 0.628. The van der Waals surface area contributed by atoms with E-state index in [1.54, 1.807) is 23.5 Å². The highest BCUT2D eigenvalue weighted by atomic mass is 32.2. The first-order valence-electron chi connectivity index (χ1n) is 5.87. The fourth-order valence-corrected chi connectivity index (χ4v) is 3.42. The van der Waals surface area contributed by atoms with Crippen molar-refractivity contribution >= 4 is 34.7 Å². The molecular weight excluding hydrogens is 295 g/mol. The van der Waals surface area contributed by atoms with Crippen LogP contribution in [-0.4, -0.2) is 15.2 Å². The van der Waals surface area contributed by atoms with Gasteiger partial charge in [0.05, 0.1) is 4.21 Å². The highest BCUT2D eigenvalue weighted by Gasteiger charge is 2.08. The van der Waals surface area contributed by atoms with Crippen molar-refractivity contribution in [2.75, 3.05) is 5.32 Å². The van der Waals surface area contributed by atoms with Crippen LogP contribution in [0.3, 0.4) is 0 Å². The summed E-state index contributed by atoms with van der Waals surface area (Å²) in [5, 5.41) is 12.7. The maximum atomic E-state index is 12.8. The maximum absolute atomic E-state index is 12.8. The second-order valence-electron chi connectivity index (χ2n) is 4.09. The quantitative estimate of drug-likeness (QED) is 0.758. The molecule has 0 atom stereocenters. The summed E-state index contributed by atoms with van der Waals surface area (Å²) >= 11 is 3.19. The monoisotopic (exact) mass is 306 g/mol. The number of halogens is 1. The molecule has 7 heteroatoms. The average molecular weight is 306 g/mol. The molecule has 1 aromatic carbocycles. The van der Waals surface area contributed by atoms with Gasteiger partial charge in [0.2, 0.25) is 11.1 Å². The van der Waals surface area contributed by atoms with Gasteiger partial charge in [0.1, 0.15) is 5.82 Å². The summed E-state index contributed by atoms with van der Waals surface area (Å²) in [6, 6.07) is 8.15. The van der Waals surface area contributed by atoms with Crippen LogP contribution < -0.4 is 5.32 Å². The van der Waals surface area contributed by atoms with Gasteiger partial charge in [0.15, 0.2) is 0 Å². The average Bonchev–Trinajstić information content (AvgIpc) is 3.03. The van der Waals surface area contributed by atoms with Gasteiger partial charge in [-0.3, -0.25) is 0 Å². The first kappa shape index (κ1) is 13.1. The van der Waals surface area contributed by atoms with Gasteiger partial charge in [0.25, 0.3) is 0 Å². The minimum absolute atomic E-state index is 0.266. The number of nitrogens with one attached hydrogen (secondary N) is 2. The summed E-state index contributed by atoms with van der Waals surface area (Å²) in [6.45, 7) is 2.06. The van der Waals surface area contributed by atoms with Crippen molar-refractivity contribution in [2.24, 2.45) is 0 Å². The van der Waals surface area contributed by atoms with Crippen molar-refractivity contribution in [2.45, 2.75) is 16.3 Å². The number of benzene rings is 1. The molecule has 0 amide bonds. The van der Waals surface area contributed by atoms with Crippen LogP contribution in [0.15, 0.2) is 45.1 Å². The molecule has 102 valence electrons. The topological polar surface area (TPSA) is 53.6 Å². The fraction of sp³-hybridized carbons (Fsp3) is 0.0769. The Hall–Kier alpha value is -1.86. The van der Waals surface area contributed by atoms with E-state index in [0.29, 0.717) is 11.1 Å². The number of anilines is 2. The number of aromatic amines is 1. The molecule has 2 heterocycles. The molecule has 2 N–H and O–H groups in total. The number of aryl methyl sites for hydroxylation is 1. The van der Waals surface area contributed by atoms with Gasteiger partial charge in [-0.15, -0.1) is 16.4 Å². The third-order valence-corrected chi connectivity index (χ3v) is 4.79. The van der Waals surface area contributed by atoms with E-state index in [0.717, 1.165) is 5.69 Å². The van der Waals surface area contributed by atoms with Crippen LogP contribution in [0.4, 0.5) is 16.0 Å². The molecule has 2 aromatic heterocycles. The van der Waals surface area contributed by atoms with Gasteiger partial charge >= 0.3 is 0 Å². The van der Waals surface area contributed by atoms with Crippen LogP contribution in [0.2, 0.25) is 0 Å². The molecule has 4 nitrogen and oxygen atoms in total. The highest BCUT2D eigenvalue weighted by molar-refractivity contribution is 8.01. The van der Waals surface area contributed by atoms with Gasteiger partial charge in [-0.2, -0.15) is 4.98 Å². The molecule has 3 rings (SSSR count). The lowest BCUT2D eigenvalue weighted by Crippen LogP contribution is -1.92. The fourth-order valence-electron chi connectivity index (χ4n) is 1.56. The van der Waals surface area contributed by atoms with E-state index < -0.39 is 0 Å². The second kappa shape index (κ2) is 5.64. The highest BCUT2D eigenvalue weighted by Crippen LogP contribution is 2.32. The van der Waals surface area contributed by atoms with Crippen molar-refractivity contribution in [3.8, 4) is 0 Å². The third kappa shape index (κ3) is 3.00. The molecule has 0 unspecified atom stereocenters. The van der Waals surface area contributed by atoms with Crippen LogP contribution in [-0.2, 0) is 0 Å². The minimum atomic E-state index is -0.266. The molecule has 0 aliphatic rings. The Morgan fingerprint density at radius 3 is 2.75 bits per heavy atom. The molecule has 20 heavy (non-hydrogen) atoms. The van der Waals surface area contributed by atoms with Crippen molar-refractivity contribution in [3.63, 3.8) is 0 Å². The summed E-state index contributed by atoms with van der Waals surface area (Å²) in [6.07, 6.45) is 0. The number of hydrogen-bond donors (Lipinski definition) is 2. The van der Waals surface area contributed by atoms with Crippen LogP contribution >= 0.6 is 23.1 Å². The lowest BCUT2D eigenvalue weighted by atomic mass is 10.3. The number of H-pyrrole nitrogens is 1. The zero-order valence-corrected chi connectivity index (χ0v) is 12.2. The summed E-state index contributed by atoms with van der Waals surface area (Å²) in [7, 11) is 0. The summed E-state index contributed by atoms with van der Waals surface area (Å²) < 4.78 is 14.0. The van der Waals surface area contributed by atoms with Crippen molar-refractivity contribution in [1.29, 1.82) is 0 Å². The molecule has 0 spiro atoms. The molecule has 0 bridgehead atoms. The Labute approximate surface area is 123 Å². The smallest absolute Gasteiger partial charge is 0.223 e. The third-order valence-electron chi connectivity index (χ3n) is 2.57. The zero-order valence-electron chi connectivity index (χ0n) is 10.6. The SMILES string of the molecule is Cc1ccsc1Sc1n[nH]c(Nc2ccc(F)cc2)n1. The number of nitrogens with zero attached hydrogens (tertiary/aromatic N) is 2. The van der Waals surface area contributed by atoms with Crippen molar-refractivity contribution in [3.05, 3.63) is 47.1 Å². The minimum Gasteiger partial charge on any atom is -0.325 e. The number of hydrogen-bond acceptors (Lipinski definition) is 5. The lowest BCUT2D eigenvalue weighted by Gasteiger charge is -2.00. The predicted octanol–water partition coefficient (Wildman–Crippen LogP) is 4.21. The molecule has 0 saturated carbocycles. The van der Waals surface area contributed by atoms with E-state index in [1.165, 1.54) is 33.7 Å². The van der Waals surface area contributed by atoms with Crippen LogP contribution in [0.1, 0.15) is 5.56 Å². The summed E-state index contributed by atoms with van der Waals surface area (Å²) in [4.78, 5) is 4.34. The molecule has 0 radical (unpaired) electrons. The molecule has 0 aliphatic carbocycles. The van der Waals surface area contributed by atoms with E-state index >= 15 is 0 Å². The molecule has 0 aliphatic heterocycles. The predicted molar refractivity (Wildman–Crippen MR) is 79.2 cm³/mol. The Bertz CT molecular complexity index is 705. The normalized spacial score (nSPS) is 10.7. The Morgan fingerprint density at radius 2 is 2.05 bits per heavy atom. The van der Waals surface area contributed by atoms with Gasteiger partial charge in [0, 0.05) is 5.69 Å². The van der Waals surface area contributed by atoms with Gasteiger partial charge in [-0.25, -0.2) is 9.49 Å². The van der Waals surface area contributed by atoms with Crippen LogP contribution in [0.5, 0.6) is 0 Å². The van der Waals surface area contributed by atoms with Crippen molar-refractivity contribution < 1.29 is 4.39 Å². The van der Waals surface area contributed by atoms with Crippen LogP contribution in [0, 0.1) is 12.7 Å². The first-order chi connectivity index (χ1) is 9.70. The largest absolute Gasteiger partial charge is 0.325 e. The maximum Gasteiger partial charge on any atom is 0.223 e. The molecular formula is C13H11FN4S2. The van der Waals surface area contributed by atoms with Crippen molar-refractivity contribution in [1.82, 2.24) is 15.2 Å². The Morgan fingerprint density at radius 1 is 1.25 bits per heavy atom. The Balaban J connectivity index is 1.70. The summed E-state index contributed by atoms with van der Waals surface area (Å²) in [5.41, 5.74) is 1.98. The van der Waals surface area contributed by atoms with E-state index in [-0.39, 0.29) is 5.82 Å².